The van der Waals surface area contributed by atoms with E-state index in [4.69, 9.17) is 9.98 Å². The van der Waals surface area contributed by atoms with Crippen LogP contribution in [0, 0.1) is 0 Å². The van der Waals surface area contributed by atoms with Crippen molar-refractivity contribution >= 4 is 17.2 Å². The number of hydrogen-bond acceptors (Lipinski definition) is 3. The monoisotopic (exact) mass is 681 g/mol. The summed E-state index contributed by atoms with van der Waals surface area (Å²) in [6.07, 6.45) is 3.56. The van der Waals surface area contributed by atoms with Gasteiger partial charge in [0.15, 0.2) is 5.84 Å². The Bertz CT molecular complexity index is 2490. The zero-order valence-corrected chi connectivity index (χ0v) is 29.7. The first-order chi connectivity index (χ1) is 26.1. The number of allylic oxidation sites excluding steroid dienone is 3. The maximum Gasteiger partial charge on any atom is 0.159 e. The molecule has 53 heavy (non-hydrogen) atoms. The Labute approximate surface area is 312 Å². The molecule has 7 aromatic rings. The van der Waals surface area contributed by atoms with E-state index in [9.17, 15) is 0 Å². The molecule has 0 fully saturated rings. The minimum Gasteiger partial charge on any atom is -0.344 e. The molecule has 0 spiro atoms. The van der Waals surface area contributed by atoms with E-state index < -0.39 is 0 Å². The molecule has 0 saturated carbocycles. The number of benzene rings is 7. The molecule has 0 bridgehead atoms. The number of nitrogens with one attached hydrogen (secondary N) is 1. The van der Waals surface area contributed by atoms with Crippen LogP contribution in [0.25, 0.3) is 50.1 Å². The fourth-order valence-electron chi connectivity index (χ4n) is 6.79. The highest BCUT2D eigenvalue weighted by molar-refractivity contribution is 6.13. The lowest BCUT2D eigenvalue weighted by Gasteiger charge is -2.24. The molecular formula is C50H39N3. The van der Waals surface area contributed by atoms with Crippen LogP contribution in [0.15, 0.2) is 211 Å². The predicted molar refractivity (Wildman–Crippen MR) is 224 cm³/mol. The molecule has 0 radical (unpaired) electrons. The van der Waals surface area contributed by atoms with Crippen molar-refractivity contribution in [1.29, 1.82) is 0 Å². The first kappa shape index (κ1) is 33.3. The van der Waals surface area contributed by atoms with Gasteiger partial charge < -0.3 is 5.32 Å². The van der Waals surface area contributed by atoms with Crippen molar-refractivity contribution < 1.29 is 0 Å². The molecule has 1 aliphatic heterocycles. The van der Waals surface area contributed by atoms with Gasteiger partial charge in [-0.15, -0.1) is 0 Å². The Morgan fingerprint density at radius 1 is 0.491 bits per heavy atom. The lowest BCUT2D eigenvalue weighted by Crippen LogP contribution is -2.33. The lowest BCUT2D eigenvalue weighted by molar-refractivity contribution is 0.674. The lowest BCUT2D eigenvalue weighted by atomic mass is 9.95. The highest BCUT2D eigenvalue weighted by Crippen LogP contribution is 2.31. The van der Waals surface area contributed by atoms with Crippen molar-refractivity contribution in [2.24, 2.45) is 9.98 Å². The molecule has 1 unspecified atom stereocenters. The van der Waals surface area contributed by atoms with Gasteiger partial charge in [0.2, 0.25) is 0 Å². The van der Waals surface area contributed by atoms with Gasteiger partial charge in [-0.3, -0.25) is 0 Å². The largest absolute Gasteiger partial charge is 0.344 e. The molecule has 0 saturated heterocycles. The van der Waals surface area contributed by atoms with Gasteiger partial charge in [-0.05, 0) is 92.4 Å². The van der Waals surface area contributed by atoms with Crippen molar-refractivity contribution in [3.63, 3.8) is 0 Å². The van der Waals surface area contributed by atoms with Crippen LogP contribution < -0.4 is 5.32 Å². The van der Waals surface area contributed by atoms with Crippen molar-refractivity contribution in [3.05, 3.63) is 223 Å². The van der Waals surface area contributed by atoms with Gasteiger partial charge in [-0.25, -0.2) is 9.98 Å². The second-order valence-corrected chi connectivity index (χ2v) is 13.2. The summed E-state index contributed by atoms with van der Waals surface area (Å²) in [6, 6.07) is 64.1. The first-order valence-corrected chi connectivity index (χ1v) is 18.0. The minimum absolute atomic E-state index is 0.319. The van der Waals surface area contributed by atoms with Gasteiger partial charge in [-0.2, -0.15) is 0 Å². The average Bonchev–Trinajstić information content (AvgIpc) is 3.24. The third-order valence-electron chi connectivity index (χ3n) is 9.65. The van der Waals surface area contributed by atoms with Gasteiger partial charge in [-0.1, -0.05) is 176 Å². The molecule has 1 atom stereocenters. The fraction of sp³-hybridized carbons (Fsp3) is 0.0400. The van der Waals surface area contributed by atoms with Crippen LogP contribution in [0.3, 0.4) is 0 Å². The topological polar surface area (TPSA) is 36.8 Å². The van der Waals surface area contributed by atoms with E-state index in [1.807, 2.05) is 24.3 Å². The SMILES string of the molecule is C=C/C=C(\C)c1cccc(-c2cccc(-c3cccc(C4=NC(c5ccc(-c6ccccc6)cc5)NC(c5cccc(-c6ccccc6)c5)=N4)c3)c2)c1. The average molecular weight is 682 g/mol. The molecule has 0 aromatic heterocycles. The van der Waals surface area contributed by atoms with Crippen LogP contribution in [-0.2, 0) is 0 Å². The Morgan fingerprint density at radius 3 is 1.57 bits per heavy atom. The molecule has 7 aromatic carbocycles. The molecular weight excluding hydrogens is 643 g/mol. The summed E-state index contributed by atoms with van der Waals surface area (Å²) in [5, 5.41) is 3.67. The van der Waals surface area contributed by atoms with Crippen LogP contribution >= 0.6 is 0 Å². The van der Waals surface area contributed by atoms with Crippen LogP contribution in [0.2, 0.25) is 0 Å². The number of aliphatic imine (C=N–C) groups is 2. The van der Waals surface area contributed by atoms with Crippen LogP contribution in [-0.4, -0.2) is 11.7 Å². The summed E-state index contributed by atoms with van der Waals surface area (Å²) in [6.45, 7) is 5.98. The van der Waals surface area contributed by atoms with E-state index in [-0.39, 0.29) is 6.17 Å². The molecule has 1 heterocycles. The number of hydrogen-bond donors (Lipinski definition) is 1. The van der Waals surface area contributed by atoms with E-state index in [0.29, 0.717) is 5.84 Å². The Balaban J connectivity index is 1.17. The summed E-state index contributed by atoms with van der Waals surface area (Å²) in [5.41, 5.74) is 14.7. The zero-order valence-electron chi connectivity index (χ0n) is 29.7. The van der Waals surface area contributed by atoms with Gasteiger partial charge in [0, 0.05) is 11.1 Å². The van der Waals surface area contributed by atoms with Gasteiger partial charge >= 0.3 is 0 Å². The van der Waals surface area contributed by atoms with E-state index in [1.165, 1.54) is 27.8 Å². The van der Waals surface area contributed by atoms with E-state index in [1.54, 1.807) is 0 Å². The summed E-state index contributed by atoms with van der Waals surface area (Å²) >= 11 is 0. The maximum atomic E-state index is 5.23. The molecule has 3 heteroatoms. The van der Waals surface area contributed by atoms with Gasteiger partial charge in [0.25, 0.3) is 0 Å². The van der Waals surface area contributed by atoms with Crippen LogP contribution in [0.1, 0.15) is 35.3 Å². The third kappa shape index (κ3) is 7.46. The first-order valence-electron chi connectivity index (χ1n) is 18.0. The molecule has 0 amide bonds. The standard InChI is InChI=1S/C50H39N3/c1-3-14-35(2)40-19-10-21-42(31-40)43-22-11-23-44(32-43)45-24-13-26-47(34-45)50-52-48(39-29-27-38(28-30-39)36-15-6-4-7-16-36)51-49(53-50)46-25-12-20-41(33-46)37-17-8-5-9-18-37/h3-34,48H,1H2,2H3,(H,51,52,53)/b35-14+. The minimum atomic E-state index is -0.319. The second kappa shape index (κ2) is 15.2. The van der Waals surface area contributed by atoms with Crippen molar-refractivity contribution in [3.8, 4) is 44.5 Å². The molecule has 3 nitrogen and oxygen atoms in total. The third-order valence-corrected chi connectivity index (χ3v) is 9.65. The van der Waals surface area contributed by atoms with E-state index >= 15 is 0 Å². The van der Waals surface area contributed by atoms with Crippen LogP contribution in [0.5, 0.6) is 0 Å². The van der Waals surface area contributed by atoms with Gasteiger partial charge in [0.1, 0.15) is 12.0 Å². The highest BCUT2D eigenvalue weighted by Gasteiger charge is 2.22. The predicted octanol–water partition coefficient (Wildman–Crippen LogP) is 12.4. The second-order valence-electron chi connectivity index (χ2n) is 13.2. The number of nitrogens with zero attached hydrogens (tertiary/aromatic N) is 2. The zero-order chi connectivity index (χ0) is 36.0. The molecule has 1 aliphatic rings. The number of amidine groups is 2. The van der Waals surface area contributed by atoms with Crippen molar-refractivity contribution in [1.82, 2.24) is 5.32 Å². The summed E-state index contributed by atoms with van der Waals surface area (Å²) < 4.78 is 0. The molecule has 1 N–H and O–H groups in total. The van der Waals surface area contributed by atoms with Crippen LogP contribution in [0.4, 0.5) is 0 Å². The Kier molecular flexibility index (Phi) is 9.54. The molecule has 8 rings (SSSR count). The quantitative estimate of drug-likeness (QED) is 0.151. The smallest absolute Gasteiger partial charge is 0.159 e. The van der Waals surface area contributed by atoms with Gasteiger partial charge in [0.05, 0.1) is 0 Å². The maximum absolute atomic E-state index is 5.23. The summed E-state index contributed by atoms with van der Waals surface area (Å²) in [5.74, 6) is 1.48. The Morgan fingerprint density at radius 2 is 0.943 bits per heavy atom. The van der Waals surface area contributed by atoms with Crippen molar-refractivity contribution in [2.75, 3.05) is 0 Å². The Hall–Kier alpha value is -6.84. The molecule has 0 aliphatic carbocycles. The summed E-state index contributed by atoms with van der Waals surface area (Å²) in [7, 11) is 0. The van der Waals surface area contributed by atoms with E-state index in [2.05, 4.69) is 189 Å². The van der Waals surface area contributed by atoms with E-state index in [0.717, 1.165) is 50.3 Å². The fourth-order valence-corrected chi connectivity index (χ4v) is 6.79. The summed E-state index contributed by atoms with van der Waals surface area (Å²) in [4.78, 5) is 10.4. The number of rotatable bonds is 9. The normalized spacial score (nSPS) is 14.1. The van der Waals surface area contributed by atoms with Crippen molar-refractivity contribution in [2.45, 2.75) is 13.1 Å². The molecule has 254 valence electrons. The highest BCUT2D eigenvalue weighted by atomic mass is 15.2.